The van der Waals surface area contributed by atoms with Crippen LogP contribution in [0, 0.1) is 21.7 Å². The molecule has 0 aliphatic carbocycles. The molecule has 0 saturated carbocycles. The number of nitrogens with zero attached hydrogens (tertiary/aromatic N) is 1. The molecule has 5 nitrogen and oxygen atoms in total. The zero-order valence-electron chi connectivity index (χ0n) is 10.2. The first-order valence-corrected chi connectivity index (χ1v) is 6.35. The maximum Gasteiger partial charge on any atom is 0.335 e. The molecule has 2 aromatic carbocycles. The molecule has 1 N–H and O–H groups in total. The molecule has 0 aliphatic heterocycles. The Hall–Kier alpha value is -2.48. The van der Waals surface area contributed by atoms with E-state index in [1.54, 1.807) is 0 Å². The number of carboxylic acid groups (broad SMARTS) is 1. The van der Waals surface area contributed by atoms with Crippen LogP contribution in [0.3, 0.4) is 0 Å². The average Bonchev–Trinajstić information content (AvgIpc) is 2.43. The summed E-state index contributed by atoms with van der Waals surface area (Å²) in [6, 6.07) is 6.48. The van der Waals surface area contributed by atoms with Crippen LogP contribution in [0.1, 0.15) is 10.4 Å². The molecule has 108 valence electrons. The van der Waals surface area contributed by atoms with E-state index in [4.69, 9.17) is 5.11 Å². The van der Waals surface area contributed by atoms with Crippen LogP contribution in [0.4, 0.5) is 14.5 Å². The number of hydrogen-bond donors (Lipinski definition) is 1. The van der Waals surface area contributed by atoms with Crippen molar-refractivity contribution in [2.45, 2.75) is 9.79 Å². The molecule has 0 radical (unpaired) electrons. The molecule has 0 spiro atoms. The van der Waals surface area contributed by atoms with E-state index in [2.05, 4.69) is 0 Å². The molecule has 2 aromatic rings. The topological polar surface area (TPSA) is 80.4 Å². The van der Waals surface area contributed by atoms with Gasteiger partial charge in [0.25, 0.3) is 5.69 Å². The van der Waals surface area contributed by atoms with E-state index in [0.717, 1.165) is 30.0 Å². The minimum atomic E-state index is -1.29. The Morgan fingerprint density at radius 3 is 2.43 bits per heavy atom. The Balaban J connectivity index is 2.41. The third-order valence-corrected chi connectivity index (χ3v) is 3.58. The van der Waals surface area contributed by atoms with Crippen LogP contribution in [0.5, 0.6) is 0 Å². The number of nitro benzene ring substituents is 1. The molecule has 0 bridgehead atoms. The first kappa shape index (κ1) is 14.9. The van der Waals surface area contributed by atoms with Crippen LogP contribution in [0.25, 0.3) is 0 Å². The van der Waals surface area contributed by atoms with Gasteiger partial charge in [-0.2, -0.15) is 0 Å². The highest BCUT2D eigenvalue weighted by Crippen LogP contribution is 2.35. The number of rotatable bonds is 4. The lowest BCUT2D eigenvalue weighted by atomic mass is 10.2. The van der Waals surface area contributed by atoms with Gasteiger partial charge in [-0.25, -0.2) is 13.6 Å². The normalized spacial score (nSPS) is 10.4. The first-order chi connectivity index (χ1) is 9.88. The fraction of sp³-hybridized carbons (Fsp3) is 0. The predicted molar refractivity (Wildman–Crippen MR) is 70.5 cm³/mol. The maximum absolute atomic E-state index is 13.1. The Morgan fingerprint density at radius 2 is 1.86 bits per heavy atom. The summed E-state index contributed by atoms with van der Waals surface area (Å²) < 4.78 is 25.9. The zero-order chi connectivity index (χ0) is 15.6. The van der Waals surface area contributed by atoms with Crippen LogP contribution in [0.2, 0.25) is 0 Å². The molecule has 0 heterocycles. The molecule has 21 heavy (non-hydrogen) atoms. The van der Waals surface area contributed by atoms with E-state index in [1.807, 2.05) is 0 Å². The highest BCUT2D eigenvalue weighted by atomic mass is 32.2. The van der Waals surface area contributed by atoms with Gasteiger partial charge in [0, 0.05) is 11.0 Å². The summed E-state index contributed by atoms with van der Waals surface area (Å²) in [6.07, 6.45) is 0. The molecule has 2 rings (SSSR count). The molecule has 0 aromatic heterocycles. The average molecular weight is 311 g/mol. The van der Waals surface area contributed by atoms with Gasteiger partial charge in [-0.15, -0.1) is 0 Å². The Kier molecular flexibility index (Phi) is 4.18. The first-order valence-electron chi connectivity index (χ1n) is 5.53. The molecule has 0 fully saturated rings. The quantitative estimate of drug-likeness (QED) is 0.687. The lowest BCUT2D eigenvalue weighted by Gasteiger charge is -2.04. The standard InChI is InChI=1S/C13H7F2NO4S/c14-9-3-2-8(6-10(9)15)21-12-4-1-7(13(17)18)5-11(12)16(19)20/h1-6H,(H,17,18). The molecular formula is C13H7F2NO4S. The summed E-state index contributed by atoms with van der Waals surface area (Å²) in [5, 5.41) is 19.8. The third-order valence-electron chi connectivity index (χ3n) is 2.52. The molecule has 8 heteroatoms. The van der Waals surface area contributed by atoms with Gasteiger partial charge in [0.15, 0.2) is 11.6 Å². The van der Waals surface area contributed by atoms with E-state index in [9.17, 15) is 23.7 Å². The van der Waals surface area contributed by atoms with Crippen LogP contribution in [-0.2, 0) is 0 Å². The van der Waals surface area contributed by atoms with E-state index in [-0.39, 0.29) is 15.4 Å². The monoisotopic (exact) mass is 311 g/mol. The number of benzene rings is 2. The van der Waals surface area contributed by atoms with Crippen molar-refractivity contribution in [3.63, 3.8) is 0 Å². The van der Waals surface area contributed by atoms with Crippen LogP contribution < -0.4 is 0 Å². The number of aromatic carboxylic acids is 1. The van der Waals surface area contributed by atoms with E-state index in [1.165, 1.54) is 18.2 Å². The van der Waals surface area contributed by atoms with Crippen LogP contribution >= 0.6 is 11.8 Å². The Morgan fingerprint density at radius 1 is 1.14 bits per heavy atom. The molecular weight excluding hydrogens is 304 g/mol. The molecule has 0 amide bonds. The van der Waals surface area contributed by atoms with Crippen molar-refractivity contribution in [1.82, 2.24) is 0 Å². The van der Waals surface area contributed by atoms with Crippen molar-refractivity contribution >= 4 is 23.4 Å². The van der Waals surface area contributed by atoms with Gasteiger partial charge in [0.1, 0.15) is 0 Å². The van der Waals surface area contributed by atoms with Gasteiger partial charge in [0.2, 0.25) is 0 Å². The predicted octanol–water partition coefficient (Wildman–Crippen LogP) is 3.72. The second-order valence-electron chi connectivity index (χ2n) is 3.92. The van der Waals surface area contributed by atoms with E-state index in [0.29, 0.717) is 0 Å². The Labute approximate surface area is 121 Å². The van der Waals surface area contributed by atoms with Crippen molar-refractivity contribution in [3.8, 4) is 0 Å². The maximum atomic E-state index is 13.1. The summed E-state index contributed by atoms with van der Waals surface area (Å²) in [5.41, 5.74) is -0.638. The van der Waals surface area contributed by atoms with Crippen molar-refractivity contribution in [2.75, 3.05) is 0 Å². The summed E-state index contributed by atoms with van der Waals surface area (Å²) in [4.78, 5) is 21.5. The fourth-order valence-electron chi connectivity index (χ4n) is 1.55. The molecule has 0 unspecified atom stereocenters. The van der Waals surface area contributed by atoms with Gasteiger partial charge in [-0.05, 0) is 30.3 Å². The van der Waals surface area contributed by atoms with E-state index >= 15 is 0 Å². The number of hydrogen-bond acceptors (Lipinski definition) is 4. The van der Waals surface area contributed by atoms with Crippen molar-refractivity contribution < 1.29 is 23.6 Å². The summed E-state index contributed by atoms with van der Waals surface area (Å²) in [6.45, 7) is 0. The number of carboxylic acids is 1. The van der Waals surface area contributed by atoms with Crippen molar-refractivity contribution in [1.29, 1.82) is 0 Å². The molecule has 0 saturated heterocycles. The van der Waals surface area contributed by atoms with Crippen LogP contribution in [0.15, 0.2) is 46.2 Å². The summed E-state index contributed by atoms with van der Waals surface area (Å²) >= 11 is 0.845. The second-order valence-corrected chi connectivity index (χ2v) is 5.04. The lowest BCUT2D eigenvalue weighted by Crippen LogP contribution is -1.99. The largest absolute Gasteiger partial charge is 0.478 e. The minimum absolute atomic E-state index is 0.135. The number of halogens is 2. The highest BCUT2D eigenvalue weighted by Gasteiger charge is 2.18. The molecule has 0 atom stereocenters. The van der Waals surface area contributed by atoms with Gasteiger partial charge in [-0.3, -0.25) is 10.1 Å². The SMILES string of the molecule is O=C(O)c1ccc(Sc2ccc(F)c(F)c2)c([N+](=O)[O-])c1. The third kappa shape index (κ3) is 3.34. The summed E-state index contributed by atoms with van der Waals surface area (Å²) in [5.74, 6) is -3.37. The van der Waals surface area contributed by atoms with Crippen LogP contribution in [-0.4, -0.2) is 16.0 Å². The van der Waals surface area contributed by atoms with Crippen molar-refractivity contribution in [2.24, 2.45) is 0 Å². The van der Waals surface area contributed by atoms with Gasteiger partial charge in [0.05, 0.1) is 15.4 Å². The van der Waals surface area contributed by atoms with Gasteiger partial charge in [-0.1, -0.05) is 11.8 Å². The van der Waals surface area contributed by atoms with E-state index < -0.39 is 28.2 Å². The fourth-order valence-corrected chi connectivity index (χ4v) is 2.47. The molecule has 0 aliphatic rings. The zero-order valence-corrected chi connectivity index (χ0v) is 11.1. The number of carbonyl (C=O) groups is 1. The van der Waals surface area contributed by atoms with Gasteiger partial charge < -0.3 is 5.11 Å². The lowest BCUT2D eigenvalue weighted by molar-refractivity contribution is -0.387. The second kappa shape index (κ2) is 5.88. The summed E-state index contributed by atoms with van der Waals surface area (Å²) in [7, 11) is 0. The highest BCUT2D eigenvalue weighted by molar-refractivity contribution is 7.99. The number of nitro groups is 1. The van der Waals surface area contributed by atoms with Gasteiger partial charge >= 0.3 is 5.97 Å². The van der Waals surface area contributed by atoms with Crippen molar-refractivity contribution in [3.05, 3.63) is 63.7 Å². The smallest absolute Gasteiger partial charge is 0.335 e. The Bertz CT molecular complexity index is 736. The minimum Gasteiger partial charge on any atom is -0.478 e.